The minimum Gasteiger partial charge on any atom is -0.505 e. The fourth-order valence-corrected chi connectivity index (χ4v) is 14.2. The van der Waals surface area contributed by atoms with Crippen LogP contribution in [-0.4, -0.2) is 118 Å². The van der Waals surface area contributed by atoms with E-state index in [0.717, 1.165) is 23.5 Å². The third kappa shape index (κ3) is 13.9. The van der Waals surface area contributed by atoms with Gasteiger partial charge < -0.3 is 20.5 Å². The number of nitrogens with zero attached hydrogens (tertiary/aromatic N) is 10. The van der Waals surface area contributed by atoms with Crippen molar-refractivity contribution in [2.24, 2.45) is 0 Å². The number of halogens is 7. The summed E-state index contributed by atoms with van der Waals surface area (Å²) in [6.07, 6.45) is 9.93. The lowest BCUT2D eigenvalue weighted by atomic mass is 10.1. The molecule has 83 heavy (non-hydrogen) atoms. The Kier molecular flexibility index (Phi) is 19.2. The van der Waals surface area contributed by atoms with Gasteiger partial charge in [-0.25, -0.2) is 55.5 Å². The average molecular weight is 1430 g/mol. The summed E-state index contributed by atoms with van der Waals surface area (Å²) < 4.78 is 92.9. The molecule has 0 bridgehead atoms. The van der Waals surface area contributed by atoms with Crippen LogP contribution in [0.4, 0.5) is 20.7 Å². The van der Waals surface area contributed by atoms with Crippen LogP contribution in [0, 0.1) is 11.6 Å². The summed E-state index contributed by atoms with van der Waals surface area (Å²) in [5, 5.41) is 21.3. The van der Waals surface area contributed by atoms with Gasteiger partial charge in [0, 0.05) is 95.0 Å². The van der Waals surface area contributed by atoms with E-state index in [4.69, 9.17) is 47.9 Å². The molecular formula is C53H46BBr3Cl2F2N12O6S4. The predicted molar refractivity (Wildman–Crippen MR) is 333 cm³/mol. The van der Waals surface area contributed by atoms with E-state index < -0.39 is 37.4 Å². The van der Waals surface area contributed by atoms with E-state index >= 15 is 0 Å². The summed E-state index contributed by atoms with van der Waals surface area (Å²) >= 11 is 24.1. The van der Waals surface area contributed by atoms with Crippen LogP contribution in [-0.2, 0) is 20.0 Å². The summed E-state index contributed by atoms with van der Waals surface area (Å²) in [4.78, 5) is 29.6. The van der Waals surface area contributed by atoms with Crippen molar-refractivity contribution in [1.82, 2.24) is 47.3 Å². The number of phenolic OH excluding ortho intramolecular Hbond substituents is 1. The second-order valence-electron chi connectivity index (χ2n) is 18.6. The molecule has 2 aliphatic rings. The van der Waals surface area contributed by atoms with Crippen molar-refractivity contribution < 1.29 is 35.5 Å². The highest BCUT2D eigenvalue weighted by molar-refractivity contribution is 9.69. The Bertz CT molecular complexity index is 4170. The lowest BCUT2D eigenvalue weighted by molar-refractivity contribution is 0.326. The molecule has 0 saturated carbocycles. The summed E-state index contributed by atoms with van der Waals surface area (Å²) in [7, 11) is -5.92. The Morgan fingerprint density at radius 2 is 1.07 bits per heavy atom. The van der Waals surface area contributed by atoms with Crippen molar-refractivity contribution in [2.45, 2.75) is 47.6 Å². The quantitative estimate of drug-likeness (QED) is 0.0916. The van der Waals surface area contributed by atoms with E-state index in [-0.39, 0.29) is 43.9 Å². The number of hydrogen-bond acceptors (Lipinski definition) is 16. The van der Waals surface area contributed by atoms with Crippen LogP contribution in [0.1, 0.15) is 25.7 Å². The van der Waals surface area contributed by atoms with Gasteiger partial charge in [0.15, 0.2) is 33.1 Å². The molecule has 0 radical (unpaired) electrons. The Hall–Kier alpha value is -5.66. The molecule has 0 amide bonds. The maximum atomic E-state index is 14.1. The van der Waals surface area contributed by atoms with Gasteiger partial charge in [-0.1, -0.05) is 23.2 Å². The first-order valence-electron chi connectivity index (χ1n) is 25.2. The molecule has 12 rings (SSSR count). The van der Waals surface area contributed by atoms with E-state index in [9.17, 15) is 30.7 Å². The van der Waals surface area contributed by atoms with Crippen molar-refractivity contribution in [3.05, 3.63) is 154 Å². The number of nitrogens with one attached hydrogen (secondary N) is 2. The molecule has 0 unspecified atom stereocenters. The molecule has 2 saturated heterocycles. The van der Waals surface area contributed by atoms with Crippen LogP contribution < -0.4 is 15.4 Å². The number of aromatic hydroxyl groups is 1. The molecule has 2 fully saturated rings. The molecular weight excluding hydrogens is 1390 g/mol. The Morgan fingerprint density at radius 1 is 0.639 bits per heavy atom. The molecule has 3 N–H and O–H groups in total. The number of piperidine rings is 2. The third-order valence-corrected chi connectivity index (χ3v) is 19.1. The first-order chi connectivity index (χ1) is 39.9. The monoisotopic (exact) mass is 1430 g/mol. The number of imidazole rings is 2. The maximum absolute atomic E-state index is 14.1. The molecule has 10 aromatic rings. The topological polar surface area (TPSA) is 214 Å². The molecule has 2 aliphatic heterocycles. The van der Waals surface area contributed by atoms with Gasteiger partial charge in [-0.15, -0.1) is 69.9 Å². The Morgan fingerprint density at radius 3 is 1.51 bits per heavy atom. The van der Waals surface area contributed by atoms with Crippen LogP contribution in [0.25, 0.3) is 55.2 Å². The normalized spacial score (nSPS) is 16.0. The number of benzene rings is 4. The van der Waals surface area contributed by atoms with E-state index in [0.29, 0.717) is 92.4 Å². The van der Waals surface area contributed by atoms with Crippen LogP contribution >= 0.6 is 93.1 Å². The van der Waals surface area contributed by atoms with E-state index in [2.05, 4.69) is 67.9 Å². The minimum absolute atomic E-state index is 0.125. The van der Waals surface area contributed by atoms with Gasteiger partial charge in [0.05, 0.1) is 39.7 Å². The minimum atomic E-state index is -3.67. The van der Waals surface area contributed by atoms with Crippen molar-refractivity contribution in [3.63, 3.8) is 0 Å². The number of rotatable bonds is 13. The van der Waals surface area contributed by atoms with Gasteiger partial charge in [0.25, 0.3) is 0 Å². The van der Waals surface area contributed by atoms with Crippen molar-refractivity contribution in [3.8, 4) is 56.8 Å². The lowest BCUT2D eigenvalue weighted by Gasteiger charge is -2.32. The molecule has 2 atom stereocenters. The first kappa shape index (κ1) is 60.5. The zero-order valence-corrected chi connectivity index (χ0v) is 52.9. The first-order valence-corrected chi connectivity index (χ1v) is 33.4. The number of anilines is 2. The number of ether oxygens (including phenoxy) is 1. The van der Waals surface area contributed by atoms with Gasteiger partial charge in [-0.3, -0.25) is 8.80 Å². The maximum Gasteiger partial charge on any atom is 0.369 e. The molecule has 4 aromatic carbocycles. The van der Waals surface area contributed by atoms with E-state index in [1.54, 1.807) is 67.0 Å². The molecule has 18 nitrogen and oxygen atoms in total. The third-order valence-electron chi connectivity index (χ3n) is 13.3. The van der Waals surface area contributed by atoms with Gasteiger partial charge >= 0.3 is 3.18 Å². The molecule has 30 heteroatoms. The number of fused-ring (bicyclic) bond motifs is 2. The Balaban J connectivity index is 0.000000174. The highest BCUT2D eigenvalue weighted by Gasteiger charge is 2.33. The SMILES string of the molecule is BrB(Br)Br.COc1cc(-c2nc3sccn3c2-c2ccnc(N[C@@H]3CCCN(S(=O)(=O)c4ccc(Cl)cc4)C3)n2)ccc1F.O=S(=O)(c1ccc(Cl)cc1)N1CCC[C@@H](Nc2nccc(-c3c(-c4ccc(F)c(O)c4)nc4sccn34)n2)C1. The molecule has 8 heterocycles. The van der Waals surface area contributed by atoms with E-state index in [1.807, 2.05) is 32.0 Å². The van der Waals surface area contributed by atoms with Gasteiger partial charge in [-0.05, 0) is 123 Å². The zero-order chi connectivity index (χ0) is 58.6. The molecule has 0 aliphatic carbocycles. The fraction of sp³-hybridized carbons (Fsp3) is 0.208. The highest BCUT2D eigenvalue weighted by atomic mass is 79.9. The number of methoxy groups -OCH3 is 1. The fourth-order valence-electron chi connectivity index (χ4n) is 9.48. The summed E-state index contributed by atoms with van der Waals surface area (Å²) in [5.41, 5.74) is 4.98. The molecule has 0 spiro atoms. The predicted octanol–water partition coefficient (Wildman–Crippen LogP) is 13.0. The standard InChI is InChI=1S/C27H24ClFN6O3S2.C26H22ClFN6O3S2.BBr3/c1-38-23-15-17(4-9-21(23)29)24-25(35-13-14-39-27(35)33-24)22-10-11-30-26(32-22)31-19-3-2-12-34(16-19)40(36,37)20-7-5-18(28)6-8-20;27-17-4-6-19(7-5-17)39(36,37)33-11-1-2-18(15-33)30-25-29-10-9-21(31-25)24-23(32-26-34(24)12-13-38-26)16-3-8-20(28)22(35)14-16;2-1(3)4/h4-11,13-15,19H,2-3,12,16H2,1H3,(H,30,31,32);3-10,12-14,18,35H,1-2,11,15H2,(H,29,30,31);/t19-;18-;/m11./s1. The van der Waals surface area contributed by atoms with Crippen molar-refractivity contribution in [1.29, 1.82) is 0 Å². The van der Waals surface area contributed by atoms with Crippen LogP contribution in [0.3, 0.4) is 0 Å². The van der Waals surface area contributed by atoms with Gasteiger partial charge in [0.1, 0.15) is 11.4 Å². The molecule has 430 valence electrons. The summed E-state index contributed by atoms with van der Waals surface area (Å²) in [6.45, 7) is 1.39. The average Bonchev–Trinajstić information content (AvgIpc) is 4.14. The van der Waals surface area contributed by atoms with Crippen molar-refractivity contribution >= 4 is 138 Å². The number of phenols is 1. The largest absolute Gasteiger partial charge is 0.505 e. The Labute approximate surface area is 519 Å². The number of hydrogen-bond donors (Lipinski definition) is 3. The lowest BCUT2D eigenvalue weighted by Crippen LogP contribution is -2.45. The van der Waals surface area contributed by atoms with Crippen LogP contribution in [0.5, 0.6) is 11.5 Å². The highest BCUT2D eigenvalue weighted by Crippen LogP contribution is 2.38. The second kappa shape index (κ2) is 26.3. The number of aromatic nitrogens is 8. The summed E-state index contributed by atoms with van der Waals surface area (Å²) in [6, 6.07) is 24.2. The van der Waals surface area contributed by atoms with Crippen LogP contribution in [0.2, 0.25) is 10.0 Å². The van der Waals surface area contributed by atoms with Gasteiger partial charge in [0.2, 0.25) is 31.9 Å². The summed E-state index contributed by atoms with van der Waals surface area (Å²) in [5.74, 6) is -0.783. The number of sulfonamides is 2. The number of thiazole rings is 2. The zero-order valence-electron chi connectivity index (χ0n) is 43.3. The molecule has 6 aromatic heterocycles. The van der Waals surface area contributed by atoms with Crippen molar-refractivity contribution in [2.75, 3.05) is 43.9 Å². The smallest absolute Gasteiger partial charge is 0.369 e. The van der Waals surface area contributed by atoms with E-state index in [1.165, 1.54) is 80.9 Å². The van der Waals surface area contributed by atoms with Gasteiger partial charge in [-0.2, -0.15) is 8.61 Å². The second-order valence-corrected chi connectivity index (χ2v) is 31.6. The van der Waals surface area contributed by atoms with Crippen LogP contribution in [0.15, 0.2) is 142 Å².